The van der Waals surface area contributed by atoms with E-state index in [4.69, 9.17) is 27.9 Å². The Morgan fingerprint density at radius 1 is 1.39 bits per heavy atom. The number of unbranched alkanes of at least 4 members (excludes halogenated alkanes) is 1. The van der Waals surface area contributed by atoms with Gasteiger partial charge in [-0.25, -0.2) is 9.37 Å². The van der Waals surface area contributed by atoms with Crippen molar-refractivity contribution in [3.05, 3.63) is 22.5 Å². The van der Waals surface area contributed by atoms with Crippen molar-refractivity contribution in [2.45, 2.75) is 26.5 Å². The fraction of sp³-hybridized carbons (Fsp3) is 0.455. The molecule has 0 atom stereocenters. The first-order valence-corrected chi connectivity index (χ1v) is 6.34. The molecule has 2 aromatic heterocycles. The molecule has 0 aliphatic heterocycles. The molecule has 0 aromatic carbocycles. The van der Waals surface area contributed by atoms with Gasteiger partial charge in [-0.3, -0.25) is 0 Å². The quantitative estimate of drug-likeness (QED) is 0.480. The summed E-state index contributed by atoms with van der Waals surface area (Å²) < 4.78 is 20.6. The van der Waals surface area contributed by atoms with Gasteiger partial charge in [0.15, 0.2) is 11.5 Å². The van der Waals surface area contributed by atoms with Crippen LogP contribution in [0.2, 0.25) is 10.4 Å². The van der Waals surface area contributed by atoms with Crippen LogP contribution in [0.5, 0.6) is 0 Å². The zero-order valence-corrected chi connectivity index (χ0v) is 11.3. The predicted octanol–water partition coefficient (Wildman–Crippen LogP) is 3.65. The lowest BCUT2D eigenvalue weighted by Crippen LogP contribution is -2.03. The minimum atomic E-state index is -0.481. The van der Waals surface area contributed by atoms with Crippen molar-refractivity contribution in [3.8, 4) is 0 Å². The second-order valence-electron chi connectivity index (χ2n) is 3.82. The molecular formula is C11H12Cl2FN3O. The molecule has 0 spiro atoms. The molecule has 2 aromatic rings. The molecule has 0 N–H and O–H groups in total. The van der Waals surface area contributed by atoms with E-state index in [1.54, 1.807) is 0 Å². The molecule has 2 rings (SSSR count). The normalized spacial score (nSPS) is 11.3. The van der Waals surface area contributed by atoms with Crippen molar-refractivity contribution < 1.29 is 9.13 Å². The van der Waals surface area contributed by atoms with Gasteiger partial charge in [0.2, 0.25) is 5.28 Å². The Hall–Kier alpha value is -0.910. The zero-order valence-electron chi connectivity index (χ0n) is 9.79. The van der Waals surface area contributed by atoms with Crippen LogP contribution >= 0.6 is 23.2 Å². The number of ether oxygens (including phenoxy) is 1. The topological polar surface area (TPSA) is 39.9 Å². The molecule has 0 aliphatic rings. The first kappa shape index (κ1) is 13.5. The maximum Gasteiger partial charge on any atom is 0.225 e. The fourth-order valence-electron chi connectivity index (χ4n) is 1.58. The van der Waals surface area contributed by atoms with Gasteiger partial charge in [-0.1, -0.05) is 24.9 Å². The summed E-state index contributed by atoms with van der Waals surface area (Å²) in [5, 5.41) is 0.162. The number of nitrogens with zero attached hydrogens (tertiary/aromatic N) is 3. The lowest BCUT2D eigenvalue weighted by Gasteiger charge is -2.05. The van der Waals surface area contributed by atoms with Crippen LogP contribution in [0.15, 0.2) is 6.20 Å². The fourth-order valence-corrected chi connectivity index (χ4v) is 2.04. The second-order valence-corrected chi connectivity index (χ2v) is 4.52. The summed E-state index contributed by atoms with van der Waals surface area (Å²) in [5.74, 6) is -0.481. The highest BCUT2D eigenvalue weighted by atomic mass is 35.5. The largest absolute Gasteiger partial charge is 0.361 e. The van der Waals surface area contributed by atoms with Crippen molar-refractivity contribution in [2.24, 2.45) is 0 Å². The number of halogens is 3. The molecular weight excluding hydrogens is 280 g/mol. The Balaban J connectivity index is 2.28. The van der Waals surface area contributed by atoms with Crippen LogP contribution in [0.1, 0.15) is 19.8 Å². The van der Waals surface area contributed by atoms with Gasteiger partial charge in [0.1, 0.15) is 11.9 Å². The van der Waals surface area contributed by atoms with Crippen LogP contribution in [0.25, 0.3) is 11.0 Å². The molecule has 7 heteroatoms. The van der Waals surface area contributed by atoms with Crippen LogP contribution < -0.4 is 0 Å². The number of hydrogen-bond donors (Lipinski definition) is 0. The molecule has 18 heavy (non-hydrogen) atoms. The number of aromatic nitrogens is 3. The summed E-state index contributed by atoms with van der Waals surface area (Å²) >= 11 is 11.5. The molecule has 0 aliphatic carbocycles. The van der Waals surface area contributed by atoms with E-state index in [9.17, 15) is 4.39 Å². The molecule has 98 valence electrons. The Labute approximate surface area is 114 Å². The van der Waals surface area contributed by atoms with Gasteiger partial charge < -0.3 is 9.30 Å². The molecule has 0 amide bonds. The summed E-state index contributed by atoms with van der Waals surface area (Å²) in [5.41, 5.74) is 0.342. The van der Waals surface area contributed by atoms with E-state index in [2.05, 4.69) is 16.9 Å². The third-order valence-corrected chi connectivity index (χ3v) is 2.91. The van der Waals surface area contributed by atoms with Gasteiger partial charge in [0, 0.05) is 12.8 Å². The lowest BCUT2D eigenvalue weighted by molar-refractivity contribution is 0.0770. The SMILES string of the molecule is CCCCOCn1cc(F)c2c(Cl)nc(Cl)nc21. The molecule has 0 saturated carbocycles. The maximum atomic E-state index is 13.7. The third-order valence-electron chi connectivity index (χ3n) is 2.47. The predicted molar refractivity (Wildman–Crippen MR) is 68.4 cm³/mol. The molecule has 0 radical (unpaired) electrons. The van der Waals surface area contributed by atoms with Crippen LogP contribution in [-0.2, 0) is 11.5 Å². The van der Waals surface area contributed by atoms with E-state index >= 15 is 0 Å². The Bertz CT molecular complexity index is 559. The van der Waals surface area contributed by atoms with E-state index in [-0.39, 0.29) is 22.6 Å². The van der Waals surface area contributed by atoms with Crippen LogP contribution in [0.3, 0.4) is 0 Å². The van der Waals surface area contributed by atoms with Gasteiger partial charge in [-0.2, -0.15) is 4.98 Å². The standard InChI is InChI=1S/C11H12Cl2FN3O/c1-2-3-4-18-6-17-5-7(14)8-9(12)15-11(13)16-10(8)17/h5H,2-4,6H2,1H3. The summed E-state index contributed by atoms with van der Waals surface area (Å²) in [7, 11) is 0. The minimum Gasteiger partial charge on any atom is -0.361 e. The Kier molecular flexibility index (Phi) is 4.37. The first-order valence-electron chi connectivity index (χ1n) is 5.58. The van der Waals surface area contributed by atoms with Gasteiger partial charge in [-0.15, -0.1) is 0 Å². The number of fused-ring (bicyclic) bond motifs is 1. The molecule has 0 fully saturated rings. The van der Waals surface area contributed by atoms with Crippen molar-refractivity contribution in [3.63, 3.8) is 0 Å². The highest BCUT2D eigenvalue weighted by Gasteiger charge is 2.15. The van der Waals surface area contributed by atoms with E-state index in [1.165, 1.54) is 10.8 Å². The Morgan fingerprint density at radius 2 is 2.17 bits per heavy atom. The Morgan fingerprint density at radius 3 is 2.89 bits per heavy atom. The van der Waals surface area contributed by atoms with E-state index < -0.39 is 5.82 Å². The third kappa shape index (κ3) is 2.74. The van der Waals surface area contributed by atoms with Gasteiger partial charge >= 0.3 is 0 Å². The highest BCUT2D eigenvalue weighted by molar-refractivity contribution is 6.35. The summed E-state index contributed by atoms with van der Waals surface area (Å²) in [6, 6.07) is 0. The molecule has 0 unspecified atom stereocenters. The van der Waals surface area contributed by atoms with Gasteiger partial charge in [-0.05, 0) is 18.0 Å². The number of rotatable bonds is 5. The van der Waals surface area contributed by atoms with Crippen molar-refractivity contribution >= 4 is 34.2 Å². The molecule has 0 bridgehead atoms. The molecule has 2 heterocycles. The molecule has 4 nitrogen and oxygen atoms in total. The maximum absolute atomic E-state index is 13.7. The second kappa shape index (κ2) is 5.82. The average Bonchev–Trinajstić information content (AvgIpc) is 2.61. The van der Waals surface area contributed by atoms with Crippen molar-refractivity contribution in [2.75, 3.05) is 6.61 Å². The smallest absolute Gasteiger partial charge is 0.225 e. The number of hydrogen-bond acceptors (Lipinski definition) is 3. The van der Waals surface area contributed by atoms with Crippen LogP contribution in [0.4, 0.5) is 4.39 Å². The van der Waals surface area contributed by atoms with E-state index in [0.29, 0.717) is 12.3 Å². The van der Waals surface area contributed by atoms with E-state index in [1.807, 2.05) is 0 Å². The first-order chi connectivity index (χ1) is 8.63. The van der Waals surface area contributed by atoms with Crippen molar-refractivity contribution in [1.82, 2.24) is 14.5 Å². The van der Waals surface area contributed by atoms with Crippen LogP contribution in [0, 0.1) is 5.82 Å². The lowest BCUT2D eigenvalue weighted by atomic mass is 10.4. The summed E-state index contributed by atoms with van der Waals surface area (Å²) in [6.45, 7) is 2.90. The minimum absolute atomic E-state index is 0.00908. The summed E-state index contributed by atoms with van der Waals surface area (Å²) in [6.07, 6.45) is 3.28. The average molecular weight is 292 g/mol. The zero-order chi connectivity index (χ0) is 13.1. The van der Waals surface area contributed by atoms with Crippen LogP contribution in [-0.4, -0.2) is 21.1 Å². The summed E-state index contributed by atoms with van der Waals surface area (Å²) in [4.78, 5) is 7.68. The van der Waals surface area contributed by atoms with Gasteiger partial charge in [0.05, 0.1) is 5.39 Å². The monoisotopic (exact) mass is 291 g/mol. The van der Waals surface area contributed by atoms with E-state index in [0.717, 1.165) is 12.8 Å². The molecule has 0 saturated heterocycles. The highest BCUT2D eigenvalue weighted by Crippen LogP contribution is 2.26. The van der Waals surface area contributed by atoms with Crippen molar-refractivity contribution in [1.29, 1.82) is 0 Å². The van der Waals surface area contributed by atoms with Gasteiger partial charge in [0.25, 0.3) is 0 Å².